The van der Waals surface area contributed by atoms with Gasteiger partial charge in [0.2, 0.25) is 15.9 Å². The van der Waals surface area contributed by atoms with Crippen molar-refractivity contribution in [3.05, 3.63) is 18.3 Å². The Bertz CT molecular complexity index is 762. The van der Waals surface area contributed by atoms with Crippen LogP contribution >= 0.6 is 11.8 Å². The number of hydrogen-bond acceptors (Lipinski definition) is 6. The van der Waals surface area contributed by atoms with E-state index in [4.69, 9.17) is 0 Å². The Kier molecular flexibility index (Phi) is 7.63. The van der Waals surface area contributed by atoms with Gasteiger partial charge in [-0.25, -0.2) is 18.2 Å². The molecule has 1 fully saturated rings. The molecule has 2 rings (SSSR count). The summed E-state index contributed by atoms with van der Waals surface area (Å²) in [5.74, 6) is -0.449. The van der Waals surface area contributed by atoms with Gasteiger partial charge in [-0.05, 0) is 31.9 Å². The van der Waals surface area contributed by atoms with Crippen LogP contribution in [0.3, 0.4) is 0 Å². The second-order valence-corrected chi connectivity index (χ2v) is 9.83. The number of nitrogens with zero attached hydrogens (tertiary/aromatic N) is 2. The molecule has 8 nitrogen and oxygen atoms in total. The molecule has 1 saturated carbocycles. The third kappa shape index (κ3) is 5.66. The third-order valence-corrected chi connectivity index (χ3v) is 7.55. The number of amides is 3. The zero-order chi connectivity index (χ0) is 20.0. The number of thioether (sulfide) groups is 1. The fourth-order valence-electron chi connectivity index (χ4n) is 2.91. The van der Waals surface area contributed by atoms with Gasteiger partial charge in [-0.15, -0.1) is 0 Å². The van der Waals surface area contributed by atoms with Crippen molar-refractivity contribution in [3.8, 4) is 0 Å². The number of carbonyl (C=O) groups excluding carboxylic acids is 2. The maximum atomic E-state index is 12.8. The van der Waals surface area contributed by atoms with Gasteiger partial charge >= 0.3 is 6.03 Å². The fourth-order valence-corrected chi connectivity index (χ4v) is 5.06. The summed E-state index contributed by atoms with van der Waals surface area (Å²) < 4.78 is 27.0. The number of sulfonamides is 1. The summed E-state index contributed by atoms with van der Waals surface area (Å²) in [6.07, 6.45) is 6.34. The van der Waals surface area contributed by atoms with Crippen molar-refractivity contribution < 1.29 is 18.0 Å². The molecular weight excluding hydrogens is 388 g/mol. The Hall–Kier alpha value is -1.65. The number of pyridine rings is 1. The monoisotopic (exact) mass is 414 g/mol. The maximum Gasteiger partial charge on any atom is 0.321 e. The average Bonchev–Trinajstić information content (AvgIpc) is 2.68. The summed E-state index contributed by atoms with van der Waals surface area (Å²) in [7, 11) is -0.544. The minimum absolute atomic E-state index is 0.0335. The Labute approximate surface area is 164 Å². The molecule has 27 heavy (non-hydrogen) atoms. The maximum absolute atomic E-state index is 12.8. The molecule has 1 heterocycles. The number of nitrogens with one attached hydrogen (secondary N) is 2. The molecule has 2 N–H and O–H groups in total. The highest BCUT2D eigenvalue weighted by Gasteiger charge is 2.29. The third-order valence-electron chi connectivity index (χ3n) is 4.61. The SMILES string of the molecule is CNC(=O)NC(=O)[C@H](C)Sc1ccc(S(=O)(=O)N(C)C2CCCCC2)cn1. The molecule has 0 spiro atoms. The minimum Gasteiger partial charge on any atom is -0.341 e. The van der Waals surface area contributed by atoms with E-state index in [-0.39, 0.29) is 10.9 Å². The summed E-state index contributed by atoms with van der Waals surface area (Å²) in [6, 6.07) is 2.54. The van der Waals surface area contributed by atoms with E-state index < -0.39 is 27.2 Å². The van der Waals surface area contributed by atoms with Crippen molar-refractivity contribution >= 4 is 33.7 Å². The predicted octanol–water partition coefficient (Wildman–Crippen LogP) is 1.97. The topological polar surface area (TPSA) is 108 Å². The van der Waals surface area contributed by atoms with Crippen molar-refractivity contribution in [2.45, 2.75) is 60.2 Å². The summed E-state index contributed by atoms with van der Waals surface area (Å²) >= 11 is 1.15. The Morgan fingerprint density at radius 1 is 1.26 bits per heavy atom. The standard InChI is InChI=1S/C17H26N4O4S2/c1-12(16(22)20-17(23)18-2)26-15-10-9-14(11-19-15)27(24,25)21(3)13-7-5-4-6-8-13/h9-13H,4-8H2,1-3H3,(H2,18,20,22,23)/t12-/m0/s1. The van der Waals surface area contributed by atoms with Crippen LogP contribution < -0.4 is 10.6 Å². The minimum atomic E-state index is -3.59. The van der Waals surface area contributed by atoms with Crippen molar-refractivity contribution in [2.75, 3.05) is 14.1 Å². The van der Waals surface area contributed by atoms with Crippen LogP contribution in [-0.2, 0) is 14.8 Å². The average molecular weight is 415 g/mol. The van der Waals surface area contributed by atoms with Gasteiger partial charge in [0.05, 0.1) is 10.3 Å². The summed E-state index contributed by atoms with van der Waals surface area (Å²) in [6.45, 7) is 1.64. The Balaban J connectivity index is 2.03. The van der Waals surface area contributed by atoms with E-state index >= 15 is 0 Å². The molecule has 1 atom stereocenters. The molecule has 150 valence electrons. The predicted molar refractivity (Wildman–Crippen MR) is 104 cm³/mol. The molecule has 0 aromatic carbocycles. The van der Waals surface area contributed by atoms with Gasteiger partial charge in [0.15, 0.2) is 0 Å². The zero-order valence-corrected chi connectivity index (χ0v) is 17.4. The van der Waals surface area contributed by atoms with Crippen LogP contribution in [-0.4, -0.2) is 55.0 Å². The lowest BCUT2D eigenvalue weighted by atomic mass is 9.96. The lowest BCUT2D eigenvalue weighted by molar-refractivity contribution is -0.119. The summed E-state index contributed by atoms with van der Waals surface area (Å²) in [5, 5.41) is 4.46. The van der Waals surface area contributed by atoms with Crippen LogP contribution in [0.1, 0.15) is 39.0 Å². The second kappa shape index (κ2) is 9.52. The quantitative estimate of drug-likeness (QED) is 0.689. The first-order valence-electron chi connectivity index (χ1n) is 8.89. The summed E-state index contributed by atoms with van der Waals surface area (Å²) in [5.41, 5.74) is 0. The van der Waals surface area contributed by atoms with Crippen molar-refractivity contribution in [2.24, 2.45) is 0 Å². The first kappa shape index (κ1) is 21.6. The first-order chi connectivity index (χ1) is 12.8. The van der Waals surface area contributed by atoms with E-state index in [0.29, 0.717) is 5.03 Å². The largest absolute Gasteiger partial charge is 0.341 e. The molecular formula is C17H26N4O4S2. The molecule has 0 unspecified atom stereocenters. The van der Waals surface area contributed by atoms with Crippen LogP contribution in [0, 0.1) is 0 Å². The summed E-state index contributed by atoms with van der Waals surface area (Å²) in [4.78, 5) is 27.4. The van der Waals surface area contributed by atoms with E-state index in [1.165, 1.54) is 23.6 Å². The molecule has 0 aliphatic heterocycles. The molecule has 0 bridgehead atoms. The highest BCUT2D eigenvalue weighted by molar-refractivity contribution is 8.00. The van der Waals surface area contributed by atoms with Crippen LogP contribution in [0.5, 0.6) is 0 Å². The number of rotatable bonds is 6. The van der Waals surface area contributed by atoms with Crippen molar-refractivity contribution in [1.82, 2.24) is 19.9 Å². The molecule has 1 aromatic rings. The van der Waals surface area contributed by atoms with Gasteiger partial charge in [0, 0.05) is 26.3 Å². The molecule has 0 radical (unpaired) electrons. The van der Waals surface area contributed by atoms with E-state index in [2.05, 4.69) is 15.6 Å². The van der Waals surface area contributed by atoms with E-state index in [9.17, 15) is 18.0 Å². The Morgan fingerprint density at radius 2 is 1.93 bits per heavy atom. The van der Waals surface area contributed by atoms with Gasteiger partial charge in [0.25, 0.3) is 0 Å². The van der Waals surface area contributed by atoms with Gasteiger partial charge in [-0.2, -0.15) is 4.31 Å². The van der Waals surface area contributed by atoms with Gasteiger partial charge < -0.3 is 5.32 Å². The highest BCUT2D eigenvalue weighted by atomic mass is 32.2. The van der Waals surface area contributed by atoms with E-state index in [1.807, 2.05) is 0 Å². The van der Waals surface area contributed by atoms with Crippen molar-refractivity contribution in [1.29, 1.82) is 0 Å². The fraction of sp³-hybridized carbons (Fsp3) is 0.588. The molecule has 1 aliphatic rings. The number of urea groups is 1. The molecule has 3 amide bonds. The van der Waals surface area contributed by atoms with Crippen LogP contribution in [0.2, 0.25) is 0 Å². The van der Waals surface area contributed by atoms with Gasteiger partial charge in [-0.3, -0.25) is 10.1 Å². The number of carbonyl (C=O) groups is 2. The number of aromatic nitrogens is 1. The van der Waals surface area contributed by atoms with E-state index in [0.717, 1.165) is 43.9 Å². The zero-order valence-electron chi connectivity index (χ0n) is 15.8. The van der Waals surface area contributed by atoms with Gasteiger partial charge in [-0.1, -0.05) is 31.0 Å². The Morgan fingerprint density at radius 3 is 2.48 bits per heavy atom. The second-order valence-electron chi connectivity index (χ2n) is 6.47. The van der Waals surface area contributed by atoms with Crippen LogP contribution in [0.25, 0.3) is 0 Å². The number of hydrogen-bond donors (Lipinski definition) is 2. The molecule has 0 saturated heterocycles. The number of imide groups is 1. The first-order valence-corrected chi connectivity index (χ1v) is 11.2. The molecule has 10 heteroatoms. The molecule has 1 aromatic heterocycles. The highest BCUT2D eigenvalue weighted by Crippen LogP contribution is 2.27. The normalized spacial score (nSPS) is 16.7. The van der Waals surface area contributed by atoms with Crippen LogP contribution in [0.15, 0.2) is 28.3 Å². The van der Waals surface area contributed by atoms with Crippen molar-refractivity contribution in [3.63, 3.8) is 0 Å². The van der Waals surface area contributed by atoms with E-state index in [1.54, 1.807) is 20.0 Å². The lowest BCUT2D eigenvalue weighted by Crippen LogP contribution is -2.41. The molecule has 1 aliphatic carbocycles. The van der Waals surface area contributed by atoms with Gasteiger partial charge in [0.1, 0.15) is 4.90 Å². The smallest absolute Gasteiger partial charge is 0.321 e. The van der Waals surface area contributed by atoms with Crippen LogP contribution in [0.4, 0.5) is 4.79 Å². The lowest BCUT2D eigenvalue weighted by Gasteiger charge is -2.30.